The third-order valence-corrected chi connectivity index (χ3v) is 16.3. The standard InChI is InChI=1S/C40H52Ge2N/c1-24(2)31-12-9-13-32(25(3)4)37(31)35-16-11-17-36(38-33(26(5)6)14-10-15-34(38)27(7)8)39(35)42-43(41)40-21-28-18-29(22-40)20-30(19-28)23-40/h9-17,24-30H,18-23H2,1-8H3. The van der Waals surface area contributed by atoms with Crippen molar-refractivity contribution in [2.24, 2.45) is 17.8 Å². The van der Waals surface area contributed by atoms with Crippen LogP contribution in [0.25, 0.3) is 22.3 Å². The molecule has 0 heterocycles. The Morgan fingerprint density at radius 2 is 0.907 bits per heavy atom. The van der Waals surface area contributed by atoms with Crippen LogP contribution in [0.15, 0.2) is 54.6 Å². The first-order chi connectivity index (χ1) is 20.5. The Bertz CT molecular complexity index is 1300. The van der Waals surface area contributed by atoms with Crippen molar-refractivity contribution in [3.8, 4) is 22.3 Å². The van der Waals surface area contributed by atoms with Gasteiger partial charge in [-0.3, -0.25) is 0 Å². The second-order valence-corrected chi connectivity index (χ2v) is 20.9. The summed E-state index contributed by atoms with van der Waals surface area (Å²) in [5.74, 6) is 4.86. The van der Waals surface area contributed by atoms with E-state index in [1.165, 1.54) is 83.0 Å². The maximum atomic E-state index is 2.99. The van der Waals surface area contributed by atoms with Crippen LogP contribution in [0.4, 0.5) is 0 Å². The SMILES string of the molecule is CC(C)c1cccc(C(C)C)c1-c1cccc(-c2c(C(C)C)cccc2C(C)C)[c]1[Ge][N]([Ge])C12CC3CC(CC(C3)C1)C2. The van der Waals surface area contributed by atoms with E-state index in [1.807, 2.05) is 0 Å². The predicted octanol–water partition coefficient (Wildman–Crippen LogP) is 10.1. The molecule has 0 atom stereocenters. The van der Waals surface area contributed by atoms with Crippen molar-refractivity contribution < 1.29 is 0 Å². The van der Waals surface area contributed by atoms with Crippen LogP contribution >= 0.6 is 0 Å². The van der Waals surface area contributed by atoms with Gasteiger partial charge in [-0.25, -0.2) is 0 Å². The van der Waals surface area contributed by atoms with Crippen molar-refractivity contribution in [3.63, 3.8) is 0 Å². The van der Waals surface area contributed by atoms with Crippen LogP contribution in [0.3, 0.4) is 0 Å². The molecular formula is C40H52Ge2N. The van der Waals surface area contributed by atoms with Gasteiger partial charge in [-0.05, 0) is 0 Å². The molecule has 4 aliphatic carbocycles. The molecule has 7 rings (SSSR count). The first-order valence-corrected chi connectivity index (χ1v) is 20.1. The Hall–Kier alpha value is -1.29. The van der Waals surface area contributed by atoms with E-state index in [-0.39, 0.29) is 0 Å². The molecule has 5 radical (unpaired) electrons. The Morgan fingerprint density at radius 1 is 0.581 bits per heavy atom. The summed E-state index contributed by atoms with van der Waals surface area (Å²) in [6, 6.07) is 21.6. The molecule has 0 amide bonds. The average Bonchev–Trinajstić information content (AvgIpc) is 2.95. The molecule has 0 N–H and O–H groups in total. The minimum absolute atomic E-state index is 0.427. The number of nitrogens with zero attached hydrogens (tertiary/aromatic N) is 1. The summed E-state index contributed by atoms with van der Waals surface area (Å²) in [5, 5.41) is 0. The van der Waals surface area contributed by atoms with Gasteiger partial charge < -0.3 is 0 Å². The van der Waals surface area contributed by atoms with E-state index in [9.17, 15) is 0 Å². The molecule has 0 saturated heterocycles. The molecule has 3 heteroatoms. The number of hydrogen-bond acceptors (Lipinski definition) is 1. The Morgan fingerprint density at radius 3 is 1.23 bits per heavy atom. The molecule has 0 aromatic heterocycles. The molecule has 4 fully saturated rings. The van der Waals surface area contributed by atoms with Crippen LogP contribution in [0.5, 0.6) is 0 Å². The van der Waals surface area contributed by atoms with Gasteiger partial charge in [-0.2, -0.15) is 0 Å². The summed E-state index contributed by atoms with van der Waals surface area (Å²) < 4.78 is 4.66. The van der Waals surface area contributed by atoms with Crippen LogP contribution in [-0.4, -0.2) is 40.7 Å². The molecule has 0 unspecified atom stereocenters. The molecule has 3 aromatic rings. The van der Waals surface area contributed by atoms with Crippen molar-refractivity contribution in [3.05, 3.63) is 76.9 Å². The molecule has 4 aliphatic rings. The summed E-state index contributed by atoms with van der Waals surface area (Å²) in [6.45, 7) is 19.1. The van der Waals surface area contributed by atoms with Gasteiger partial charge in [0.1, 0.15) is 0 Å². The molecule has 225 valence electrons. The van der Waals surface area contributed by atoms with E-state index in [2.05, 4.69) is 130 Å². The molecule has 3 aromatic carbocycles. The Labute approximate surface area is 278 Å². The monoisotopic (exact) mass is 694 g/mol. The van der Waals surface area contributed by atoms with Crippen LogP contribution in [-0.2, 0) is 0 Å². The summed E-state index contributed by atoms with van der Waals surface area (Å²) in [4.78, 5) is 0. The van der Waals surface area contributed by atoms with Gasteiger partial charge in [0.05, 0.1) is 0 Å². The zero-order valence-electron chi connectivity index (χ0n) is 27.9. The maximum absolute atomic E-state index is 2.99. The van der Waals surface area contributed by atoms with Crippen LogP contribution in [0.2, 0.25) is 0 Å². The minimum atomic E-state index is -0.586. The summed E-state index contributed by atoms with van der Waals surface area (Å²) in [6.07, 6.45) is 8.85. The molecule has 4 saturated carbocycles. The fourth-order valence-electron chi connectivity index (χ4n) is 9.38. The fraction of sp³-hybridized carbons (Fsp3) is 0.550. The zero-order valence-corrected chi connectivity index (χ0v) is 32.1. The molecule has 43 heavy (non-hydrogen) atoms. The number of rotatable bonds is 9. The van der Waals surface area contributed by atoms with E-state index in [4.69, 9.17) is 0 Å². The molecule has 0 spiro atoms. The predicted molar refractivity (Wildman–Crippen MR) is 188 cm³/mol. The fourth-order valence-corrected chi connectivity index (χ4v) is 14.1. The van der Waals surface area contributed by atoms with Gasteiger partial charge in [-0.1, -0.05) is 0 Å². The normalized spacial score (nSPS) is 24.8. The summed E-state index contributed by atoms with van der Waals surface area (Å²) in [7, 11) is 0. The first-order valence-electron chi connectivity index (χ1n) is 17.2. The van der Waals surface area contributed by atoms with Crippen molar-refractivity contribution in [1.29, 1.82) is 0 Å². The van der Waals surface area contributed by atoms with E-state index >= 15 is 0 Å². The van der Waals surface area contributed by atoms with Gasteiger partial charge in [-0.15, -0.1) is 0 Å². The first kappa shape index (κ1) is 31.7. The number of benzene rings is 3. The second-order valence-electron chi connectivity index (χ2n) is 15.6. The average molecular weight is 692 g/mol. The molecule has 0 aliphatic heterocycles. The number of hydrogen-bond donors (Lipinski definition) is 0. The van der Waals surface area contributed by atoms with E-state index < -0.39 is 15.7 Å². The second kappa shape index (κ2) is 12.5. The van der Waals surface area contributed by atoms with Gasteiger partial charge in [0.2, 0.25) is 0 Å². The van der Waals surface area contributed by atoms with Crippen LogP contribution < -0.4 is 4.40 Å². The third-order valence-electron chi connectivity index (χ3n) is 11.1. The molecular weight excluding hydrogens is 640 g/mol. The van der Waals surface area contributed by atoms with E-state index in [0.717, 1.165) is 17.8 Å². The van der Waals surface area contributed by atoms with E-state index in [1.54, 1.807) is 4.40 Å². The molecule has 1 nitrogen and oxygen atoms in total. The molecule has 4 bridgehead atoms. The van der Waals surface area contributed by atoms with Crippen molar-refractivity contribution in [2.45, 2.75) is 123 Å². The summed E-state index contributed by atoms with van der Waals surface area (Å²) >= 11 is 1.96. The zero-order chi connectivity index (χ0) is 30.6. The quantitative estimate of drug-likeness (QED) is 0.202. The topological polar surface area (TPSA) is 3.24 Å². The van der Waals surface area contributed by atoms with Crippen LogP contribution in [0, 0.1) is 17.8 Å². The van der Waals surface area contributed by atoms with Gasteiger partial charge in [0.25, 0.3) is 0 Å². The van der Waals surface area contributed by atoms with Crippen molar-refractivity contribution in [2.75, 3.05) is 0 Å². The Balaban J connectivity index is 1.60. The van der Waals surface area contributed by atoms with Gasteiger partial charge >= 0.3 is 280 Å². The summed E-state index contributed by atoms with van der Waals surface area (Å²) in [5.41, 5.74) is 12.6. The van der Waals surface area contributed by atoms with Crippen LogP contribution in [0.1, 0.15) is 140 Å². The van der Waals surface area contributed by atoms with Gasteiger partial charge in [0.15, 0.2) is 0 Å². The van der Waals surface area contributed by atoms with Gasteiger partial charge in [0, 0.05) is 0 Å². The van der Waals surface area contributed by atoms with Crippen molar-refractivity contribution in [1.82, 2.24) is 2.81 Å². The van der Waals surface area contributed by atoms with Crippen molar-refractivity contribution >= 4 is 36.8 Å². The van der Waals surface area contributed by atoms with E-state index in [0.29, 0.717) is 29.2 Å². The third kappa shape index (κ3) is 5.90. The Kier molecular flexibility index (Phi) is 9.19.